The second kappa shape index (κ2) is 7.59. The van der Waals surface area contributed by atoms with E-state index in [1.54, 1.807) is 19.1 Å². The van der Waals surface area contributed by atoms with Gasteiger partial charge in [0.05, 0.1) is 6.61 Å². The molecule has 0 fully saturated rings. The molecule has 0 radical (unpaired) electrons. The monoisotopic (exact) mass is 314 g/mol. The number of unbranched alkanes of at least 4 members (excludes halogenated alkanes) is 2. The molecule has 1 N–H and O–H groups in total. The van der Waals surface area contributed by atoms with Crippen LogP contribution in [-0.4, -0.2) is 11.6 Å². The standard InChI is InChI=1S/C18H19FN2O2/c1-3-4-5-8-23-17-10-13(6-7-16(17)19)14-9-12(2)21-18(22)15(14)11-20/h6-7,9-10H,3-5,8H2,1-2H3,(H,21,22). The zero-order valence-electron chi connectivity index (χ0n) is 13.3. The number of halogens is 1. The topological polar surface area (TPSA) is 65.9 Å². The molecule has 1 aromatic heterocycles. The van der Waals surface area contributed by atoms with Gasteiger partial charge in [-0.05, 0) is 37.1 Å². The van der Waals surface area contributed by atoms with Gasteiger partial charge in [-0.2, -0.15) is 5.26 Å². The van der Waals surface area contributed by atoms with E-state index in [0.29, 0.717) is 23.4 Å². The van der Waals surface area contributed by atoms with Gasteiger partial charge in [-0.1, -0.05) is 25.8 Å². The Balaban J connectivity index is 2.38. The number of aromatic amines is 1. The molecule has 0 aliphatic heterocycles. The SMILES string of the molecule is CCCCCOc1cc(-c2cc(C)[nH]c(=O)c2C#N)ccc1F. The summed E-state index contributed by atoms with van der Waals surface area (Å²) in [7, 11) is 0. The van der Waals surface area contributed by atoms with Gasteiger partial charge in [0.1, 0.15) is 11.6 Å². The highest BCUT2D eigenvalue weighted by molar-refractivity contribution is 5.71. The molecule has 0 saturated carbocycles. The number of benzene rings is 1. The summed E-state index contributed by atoms with van der Waals surface area (Å²) in [4.78, 5) is 14.5. The van der Waals surface area contributed by atoms with Crippen LogP contribution in [0, 0.1) is 24.1 Å². The van der Waals surface area contributed by atoms with Crippen LogP contribution in [-0.2, 0) is 0 Å². The van der Waals surface area contributed by atoms with Gasteiger partial charge in [0.2, 0.25) is 0 Å². The molecule has 120 valence electrons. The number of aryl methyl sites for hydroxylation is 1. The Bertz CT molecular complexity index is 791. The Labute approximate surface area is 134 Å². The molecule has 0 amide bonds. The molecule has 5 heteroatoms. The van der Waals surface area contributed by atoms with Gasteiger partial charge in [-0.15, -0.1) is 0 Å². The fourth-order valence-corrected chi connectivity index (χ4v) is 2.34. The highest BCUT2D eigenvalue weighted by Gasteiger charge is 2.13. The first kappa shape index (κ1) is 16.8. The molecule has 2 aromatic rings. The summed E-state index contributed by atoms with van der Waals surface area (Å²) >= 11 is 0. The van der Waals surface area contributed by atoms with E-state index >= 15 is 0 Å². The summed E-state index contributed by atoms with van der Waals surface area (Å²) in [5.74, 6) is -0.314. The quantitative estimate of drug-likeness (QED) is 0.822. The van der Waals surface area contributed by atoms with Crippen molar-refractivity contribution in [2.75, 3.05) is 6.61 Å². The number of nitriles is 1. The number of pyridine rings is 1. The van der Waals surface area contributed by atoms with Crippen LogP contribution in [0.5, 0.6) is 5.75 Å². The molecule has 23 heavy (non-hydrogen) atoms. The smallest absolute Gasteiger partial charge is 0.266 e. The highest BCUT2D eigenvalue weighted by atomic mass is 19.1. The predicted molar refractivity (Wildman–Crippen MR) is 86.9 cm³/mol. The van der Waals surface area contributed by atoms with Gasteiger partial charge >= 0.3 is 0 Å². The average Bonchev–Trinajstić information content (AvgIpc) is 2.52. The molecule has 1 aromatic carbocycles. The maximum absolute atomic E-state index is 13.9. The lowest BCUT2D eigenvalue weighted by molar-refractivity contribution is 0.291. The van der Waals surface area contributed by atoms with E-state index in [0.717, 1.165) is 19.3 Å². The maximum Gasteiger partial charge on any atom is 0.266 e. The van der Waals surface area contributed by atoms with Crippen molar-refractivity contribution in [3.8, 4) is 22.9 Å². The van der Waals surface area contributed by atoms with E-state index in [1.165, 1.54) is 12.1 Å². The van der Waals surface area contributed by atoms with Crippen LogP contribution in [0.25, 0.3) is 11.1 Å². The van der Waals surface area contributed by atoms with Gasteiger partial charge in [0.25, 0.3) is 5.56 Å². The van der Waals surface area contributed by atoms with E-state index in [4.69, 9.17) is 4.74 Å². The summed E-state index contributed by atoms with van der Waals surface area (Å²) in [5.41, 5.74) is 1.27. The minimum Gasteiger partial charge on any atom is -0.490 e. The second-order valence-electron chi connectivity index (χ2n) is 5.38. The Morgan fingerprint density at radius 1 is 1.30 bits per heavy atom. The zero-order valence-corrected chi connectivity index (χ0v) is 13.3. The van der Waals surface area contributed by atoms with E-state index in [9.17, 15) is 14.4 Å². The molecule has 1 heterocycles. The maximum atomic E-state index is 13.9. The lowest BCUT2D eigenvalue weighted by atomic mass is 10.0. The molecule has 2 rings (SSSR count). The van der Waals surface area contributed by atoms with Crippen LogP contribution in [0.4, 0.5) is 4.39 Å². The lowest BCUT2D eigenvalue weighted by Crippen LogP contribution is -2.12. The van der Waals surface area contributed by atoms with Gasteiger partial charge in [0, 0.05) is 11.3 Å². The Morgan fingerprint density at radius 3 is 2.78 bits per heavy atom. The first-order valence-electron chi connectivity index (χ1n) is 7.63. The van der Waals surface area contributed by atoms with Crippen LogP contribution < -0.4 is 10.3 Å². The van der Waals surface area contributed by atoms with E-state index < -0.39 is 11.4 Å². The molecular weight excluding hydrogens is 295 g/mol. The fourth-order valence-electron chi connectivity index (χ4n) is 2.34. The van der Waals surface area contributed by atoms with Crippen molar-refractivity contribution in [1.29, 1.82) is 5.26 Å². The molecular formula is C18H19FN2O2. The summed E-state index contributed by atoms with van der Waals surface area (Å²) in [5, 5.41) is 9.20. The van der Waals surface area contributed by atoms with Crippen LogP contribution in [0.15, 0.2) is 29.1 Å². The van der Waals surface area contributed by atoms with Crippen molar-refractivity contribution in [1.82, 2.24) is 4.98 Å². The summed E-state index contributed by atoms with van der Waals surface area (Å²) in [6.07, 6.45) is 2.93. The van der Waals surface area contributed by atoms with E-state index in [2.05, 4.69) is 11.9 Å². The number of H-pyrrole nitrogens is 1. The van der Waals surface area contributed by atoms with Crippen molar-refractivity contribution >= 4 is 0 Å². The molecule has 0 aliphatic carbocycles. The molecule has 0 spiro atoms. The van der Waals surface area contributed by atoms with E-state index in [1.807, 2.05) is 6.07 Å². The third kappa shape index (κ3) is 3.98. The number of nitrogens with one attached hydrogen (secondary N) is 1. The average molecular weight is 314 g/mol. The van der Waals surface area contributed by atoms with Crippen LogP contribution in [0.3, 0.4) is 0 Å². The summed E-state index contributed by atoms with van der Waals surface area (Å²) in [6.45, 7) is 4.26. The number of aromatic nitrogens is 1. The van der Waals surface area contributed by atoms with Crippen molar-refractivity contribution in [3.63, 3.8) is 0 Å². The molecule has 0 saturated heterocycles. The summed E-state index contributed by atoms with van der Waals surface area (Å²) in [6, 6.07) is 7.98. The van der Waals surface area contributed by atoms with Crippen molar-refractivity contribution in [3.05, 3.63) is 51.7 Å². The number of nitrogens with zero attached hydrogens (tertiary/aromatic N) is 1. The van der Waals surface area contributed by atoms with Crippen molar-refractivity contribution in [2.45, 2.75) is 33.1 Å². The van der Waals surface area contributed by atoms with Gasteiger partial charge in [0.15, 0.2) is 11.6 Å². The number of ether oxygens (including phenoxy) is 1. The Hall–Kier alpha value is -2.61. The van der Waals surface area contributed by atoms with Gasteiger partial charge in [-0.25, -0.2) is 4.39 Å². The van der Waals surface area contributed by atoms with E-state index in [-0.39, 0.29) is 11.3 Å². The number of hydrogen-bond acceptors (Lipinski definition) is 3. The van der Waals surface area contributed by atoms with Crippen LogP contribution in [0.1, 0.15) is 37.4 Å². The molecule has 0 bridgehead atoms. The minimum atomic E-state index is -0.453. The van der Waals surface area contributed by atoms with Crippen LogP contribution in [0.2, 0.25) is 0 Å². The first-order valence-corrected chi connectivity index (χ1v) is 7.63. The lowest BCUT2D eigenvalue weighted by Gasteiger charge is -2.10. The van der Waals surface area contributed by atoms with Gasteiger partial charge < -0.3 is 9.72 Å². The van der Waals surface area contributed by atoms with Gasteiger partial charge in [-0.3, -0.25) is 4.79 Å². The molecule has 0 aliphatic rings. The highest BCUT2D eigenvalue weighted by Crippen LogP contribution is 2.28. The third-order valence-corrected chi connectivity index (χ3v) is 3.53. The normalized spacial score (nSPS) is 10.3. The number of rotatable bonds is 6. The van der Waals surface area contributed by atoms with Crippen molar-refractivity contribution < 1.29 is 9.13 Å². The van der Waals surface area contributed by atoms with Crippen LogP contribution >= 0.6 is 0 Å². The zero-order chi connectivity index (χ0) is 16.8. The minimum absolute atomic E-state index is 0.0131. The summed E-state index contributed by atoms with van der Waals surface area (Å²) < 4.78 is 19.4. The second-order valence-corrected chi connectivity index (χ2v) is 5.38. The Morgan fingerprint density at radius 2 is 2.09 bits per heavy atom. The predicted octanol–water partition coefficient (Wildman–Crippen LogP) is 3.93. The first-order chi connectivity index (χ1) is 11.1. The largest absolute Gasteiger partial charge is 0.490 e. The molecule has 0 atom stereocenters. The Kier molecular flexibility index (Phi) is 5.53. The fraction of sp³-hybridized carbons (Fsp3) is 0.333. The molecule has 0 unspecified atom stereocenters. The van der Waals surface area contributed by atoms with Crippen molar-refractivity contribution in [2.24, 2.45) is 0 Å². The number of hydrogen-bond donors (Lipinski definition) is 1. The third-order valence-electron chi connectivity index (χ3n) is 3.53. The molecule has 4 nitrogen and oxygen atoms in total.